The van der Waals surface area contributed by atoms with Gasteiger partial charge in [-0.3, -0.25) is 4.98 Å². The molecule has 3 aromatic rings. The SMILES string of the molecule is Cc1c(C(C)c2nnc(N)c3ccncc23)cccc1C(F)(F)F. The van der Waals surface area contributed by atoms with Crippen LogP contribution in [0.25, 0.3) is 10.8 Å². The van der Waals surface area contributed by atoms with Crippen LogP contribution in [0.5, 0.6) is 0 Å². The van der Waals surface area contributed by atoms with Crippen molar-refractivity contribution in [1.82, 2.24) is 15.2 Å². The number of anilines is 1. The van der Waals surface area contributed by atoms with E-state index in [1.807, 2.05) is 0 Å². The van der Waals surface area contributed by atoms with Gasteiger partial charge in [0.05, 0.1) is 11.3 Å². The number of halogens is 3. The first-order valence-electron chi connectivity index (χ1n) is 7.33. The molecule has 0 saturated carbocycles. The van der Waals surface area contributed by atoms with Crippen LogP contribution in [0.15, 0.2) is 36.7 Å². The second kappa shape index (κ2) is 5.74. The standard InChI is InChI=1S/C17H15F3N4/c1-9-11(4-3-5-14(9)17(18,19)20)10(2)15-13-8-22-7-6-12(13)16(21)24-23-15/h3-8,10H,1-2H3,(H2,21,24). The highest BCUT2D eigenvalue weighted by molar-refractivity contribution is 5.91. The summed E-state index contributed by atoms with van der Waals surface area (Å²) < 4.78 is 39.4. The van der Waals surface area contributed by atoms with Crippen molar-refractivity contribution in [3.05, 3.63) is 59.0 Å². The van der Waals surface area contributed by atoms with E-state index in [1.165, 1.54) is 13.0 Å². The first kappa shape index (κ1) is 16.2. The molecule has 1 unspecified atom stereocenters. The van der Waals surface area contributed by atoms with Crippen molar-refractivity contribution in [3.8, 4) is 0 Å². The van der Waals surface area contributed by atoms with Crippen LogP contribution in [0, 0.1) is 6.92 Å². The highest BCUT2D eigenvalue weighted by Gasteiger charge is 2.33. The summed E-state index contributed by atoms with van der Waals surface area (Å²) in [6.45, 7) is 3.27. The van der Waals surface area contributed by atoms with Crippen LogP contribution in [0.1, 0.15) is 35.2 Å². The van der Waals surface area contributed by atoms with Gasteiger partial charge in [-0.15, -0.1) is 5.10 Å². The third-order valence-electron chi connectivity index (χ3n) is 4.20. The summed E-state index contributed by atoms with van der Waals surface area (Å²) in [5.41, 5.74) is 6.47. The van der Waals surface area contributed by atoms with Crippen LogP contribution >= 0.6 is 0 Å². The van der Waals surface area contributed by atoms with Gasteiger partial charge in [0.25, 0.3) is 0 Å². The number of fused-ring (bicyclic) bond motifs is 1. The normalized spacial score (nSPS) is 13.2. The zero-order valence-electron chi connectivity index (χ0n) is 13.1. The Morgan fingerprint density at radius 1 is 1.08 bits per heavy atom. The van der Waals surface area contributed by atoms with E-state index in [1.54, 1.807) is 31.5 Å². The molecule has 0 aliphatic rings. The monoisotopic (exact) mass is 332 g/mol. The summed E-state index contributed by atoms with van der Waals surface area (Å²) in [6, 6.07) is 5.89. The predicted molar refractivity (Wildman–Crippen MR) is 85.4 cm³/mol. The Kier molecular flexibility index (Phi) is 3.87. The number of nitrogen functional groups attached to an aromatic ring is 1. The second-order valence-electron chi connectivity index (χ2n) is 5.63. The van der Waals surface area contributed by atoms with Crippen LogP contribution in [0.2, 0.25) is 0 Å². The average Bonchev–Trinajstić information content (AvgIpc) is 2.54. The van der Waals surface area contributed by atoms with Crippen molar-refractivity contribution in [2.45, 2.75) is 25.9 Å². The molecule has 0 aliphatic carbocycles. The van der Waals surface area contributed by atoms with Gasteiger partial charge in [0.15, 0.2) is 5.82 Å². The number of benzene rings is 1. The van der Waals surface area contributed by atoms with E-state index in [2.05, 4.69) is 15.2 Å². The first-order valence-corrected chi connectivity index (χ1v) is 7.33. The summed E-state index contributed by atoms with van der Waals surface area (Å²) in [5.74, 6) is -0.115. The van der Waals surface area contributed by atoms with Crippen LogP contribution in [0.3, 0.4) is 0 Å². The molecule has 0 spiro atoms. The number of nitrogens with two attached hydrogens (primary N) is 1. The van der Waals surface area contributed by atoms with Gasteiger partial charge < -0.3 is 5.73 Å². The average molecular weight is 332 g/mol. The van der Waals surface area contributed by atoms with Crippen LogP contribution in [-0.4, -0.2) is 15.2 Å². The lowest BCUT2D eigenvalue weighted by molar-refractivity contribution is -0.138. The zero-order valence-corrected chi connectivity index (χ0v) is 13.1. The lowest BCUT2D eigenvalue weighted by Gasteiger charge is -2.19. The molecule has 0 radical (unpaired) electrons. The van der Waals surface area contributed by atoms with Crippen LogP contribution in [-0.2, 0) is 6.18 Å². The zero-order chi connectivity index (χ0) is 17.5. The maximum Gasteiger partial charge on any atom is 0.416 e. The molecule has 2 heterocycles. The first-order chi connectivity index (χ1) is 11.3. The minimum atomic E-state index is -4.39. The quantitative estimate of drug-likeness (QED) is 0.768. The molecule has 0 fully saturated rings. The van der Waals surface area contributed by atoms with Crippen LogP contribution < -0.4 is 5.73 Å². The summed E-state index contributed by atoms with van der Waals surface area (Å²) in [5, 5.41) is 9.43. The number of alkyl halides is 3. The van der Waals surface area contributed by atoms with E-state index in [4.69, 9.17) is 5.73 Å². The Morgan fingerprint density at radius 3 is 2.54 bits per heavy atom. The van der Waals surface area contributed by atoms with E-state index in [9.17, 15) is 13.2 Å². The summed E-state index contributed by atoms with van der Waals surface area (Å²) in [4.78, 5) is 4.07. The third-order valence-corrected chi connectivity index (χ3v) is 4.20. The smallest absolute Gasteiger partial charge is 0.382 e. The number of hydrogen-bond acceptors (Lipinski definition) is 4. The topological polar surface area (TPSA) is 64.7 Å². The summed E-state index contributed by atoms with van der Waals surface area (Å²) in [7, 11) is 0. The van der Waals surface area contributed by atoms with Crippen molar-refractivity contribution in [3.63, 3.8) is 0 Å². The van der Waals surface area contributed by atoms with Crippen molar-refractivity contribution in [2.24, 2.45) is 0 Å². The fourth-order valence-electron chi connectivity index (χ4n) is 2.93. The summed E-state index contributed by atoms with van der Waals surface area (Å²) in [6.07, 6.45) is -1.20. The molecule has 1 aromatic carbocycles. The van der Waals surface area contributed by atoms with Gasteiger partial charge in [0, 0.05) is 29.1 Å². The molecule has 2 N–H and O–H groups in total. The minimum absolute atomic E-state index is 0.188. The van der Waals surface area contributed by atoms with Gasteiger partial charge in [0.1, 0.15) is 0 Å². The summed E-state index contributed by atoms with van der Waals surface area (Å²) >= 11 is 0. The Morgan fingerprint density at radius 2 is 1.83 bits per heavy atom. The fourth-order valence-corrected chi connectivity index (χ4v) is 2.93. The molecule has 0 saturated heterocycles. The number of nitrogens with zero attached hydrogens (tertiary/aromatic N) is 3. The molecule has 2 aromatic heterocycles. The van der Waals surface area contributed by atoms with Crippen molar-refractivity contribution >= 4 is 16.6 Å². The molecule has 0 aliphatic heterocycles. The number of pyridine rings is 1. The number of rotatable bonds is 2. The molecule has 124 valence electrons. The van der Waals surface area contributed by atoms with Gasteiger partial charge in [-0.25, -0.2) is 0 Å². The van der Waals surface area contributed by atoms with E-state index in [-0.39, 0.29) is 17.3 Å². The molecular formula is C17H15F3N4. The van der Waals surface area contributed by atoms with Gasteiger partial charge in [-0.2, -0.15) is 18.3 Å². The largest absolute Gasteiger partial charge is 0.416 e. The number of aromatic nitrogens is 3. The Bertz CT molecular complexity index is 906. The highest BCUT2D eigenvalue weighted by Crippen LogP contribution is 2.37. The maximum absolute atomic E-state index is 13.1. The maximum atomic E-state index is 13.1. The third kappa shape index (κ3) is 2.66. The molecular weight excluding hydrogens is 317 g/mol. The lowest BCUT2D eigenvalue weighted by atomic mass is 9.89. The van der Waals surface area contributed by atoms with Gasteiger partial charge in [-0.1, -0.05) is 19.1 Å². The second-order valence-corrected chi connectivity index (χ2v) is 5.63. The van der Waals surface area contributed by atoms with E-state index in [0.717, 1.165) is 6.07 Å². The molecule has 3 rings (SSSR count). The van der Waals surface area contributed by atoms with Crippen molar-refractivity contribution in [2.75, 3.05) is 5.73 Å². The Hall–Kier alpha value is -2.70. The van der Waals surface area contributed by atoms with Gasteiger partial charge in [0.2, 0.25) is 0 Å². The van der Waals surface area contributed by atoms with E-state index < -0.39 is 11.7 Å². The molecule has 24 heavy (non-hydrogen) atoms. The Balaban J connectivity index is 2.18. The molecule has 1 atom stereocenters. The van der Waals surface area contributed by atoms with Gasteiger partial charge in [-0.05, 0) is 30.2 Å². The predicted octanol–water partition coefficient (Wildman–Crippen LogP) is 4.09. The highest BCUT2D eigenvalue weighted by atomic mass is 19.4. The van der Waals surface area contributed by atoms with E-state index in [0.29, 0.717) is 22.0 Å². The van der Waals surface area contributed by atoms with Gasteiger partial charge >= 0.3 is 6.18 Å². The lowest BCUT2D eigenvalue weighted by Crippen LogP contribution is -2.12. The number of hydrogen-bond donors (Lipinski definition) is 1. The van der Waals surface area contributed by atoms with Crippen LogP contribution in [0.4, 0.5) is 19.0 Å². The van der Waals surface area contributed by atoms with Crippen molar-refractivity contribution in [1.29, 1.82) is 0 Å². The molecule has 0 amide bonds. The Labute approximate surface area is 136 Å². The minimum Gasteiger partial charge on any atom is -0.382 e. The molecule has 7 heteroatoms. The molecule has 0 bridgehead atoms. The molecule has 4 nitrogen and oxygen atoms in total. The van der Waals surface area contributed by atoms with Crippen molar-refractivity contribution < 1.29 is 13.2 Å². The van der Waals surface area contributed by atoms with E-state index >= 15 is 0 Å². The fraction of sp³-hybridized carbons (Fsp3) is 0.235.